The Balaban J connectivity index is 1.56. The minimum Gasteiger partial charge on any atom is -0.481 e. The largest absolute Gasteiger partial charge is 0.481 e. The van der Waals surface area contributed by atoms with Gasteiger partial charge in [-0.05, 0) is 62.4 Å². The Morgan fingerprint density at radius 3 is 2.29 bits per heavy atom. The average Bonchev–Trinajstić information content (AvgIpc) is 3.14. The van der Waals surface area contributed by atoms with Gasteiger partial charge in [-0.15, -0.1) is 10.2 Å². The predicted molar refractivity (Wildman–Crippen MR) is 100 cm³/mol. The number of carbonyl (C=O) groups is 1. The highest BCUT2D eigenvalue weighted by molar-refractivity contribution is 8.00. The fraction of sp³-hybridized carbons (Fsp3) is 0.211. The monoisotopic (exact) mass is 405 g/mol. The molecule has 1 N–H and O–H groups in total. The van der Waals surface area contributed by atoms with Gasteiger partial charge in [-0.3, -0.25) is 4.79 Å². The van der Waals surface area contributed by atoms with Gasteiger partial charge in [-0.25, -0.2) is 8.78 Å². The van der Waals surface area contributed by atoms with Crippen molar-refractivity contribution in [2.45, 2.75) is 30.4 Å². The molecule has 1 amide bonds. The van der Waals surface area contributed by atoms with Gasteiger partial charge in [0.2, 0.25) is 5.91 Å². The van der Waals surface area contributed by atoms with E-state index in [9.17, 15) is 13.6 Å². The van der Waals surface area contributed by atoms with Crippen LogP contribution >= 0.6 is 11.8 Å². The van der Waals surface area contributed by atoms with Gasteiger partial charge in [0.15, 0.2) is 6.10 Å². The van der Waals surface area contributed by atoms with Crippen LogP contribution in [0.2, 0.25) is 0 Å². The van der Waals surface area contributed by atoms with Crippen molar-refractivity contribution in [1.29, 1.82) is 0 Å². The zero-order chi connectivity index (χ0) is 20.1. The molecule has 0 radical (unpaired) electrons. The molecule has 0 aliphatic carbocycles. The first-order chi connectivity index (χ1) is 13.4. The molecule has 3 rings (SSSR count). The van der Waals surface area contributed by atoms with Crippen LogP contribution < -0.4 is 10.1 Å². The summed E-state index contributed by atoms with van der Waals surface area (Å²) in [6, 6.07) is 11.1. The number of ether oxygens (including phenoxy) is 1. The summed E-state index contributed by atoms with van der Waals surface area (Å²) in [4.78, 5) is 12.2. The van der Waals surface area contributed by atoms with E-state index in [-0.39, 0.29) is 28.7 Å². The molecule has 0 bridgehead atoms. The summed E-state index contributed by atoms with van der Waals surface area (Å²) in [5.74, 6) is -0.321. The van der Waals surface area contributed by atoms with Crippen molar-refractivity contribution < 1.29 is 22.7 Å². The molecule has 9 heteroatoms. The Hall–Kier alpha value is -2.94. The lowest BCUT2D eigenvalue weighted by Crippen LogP contribution is -2.22. The molecule has 1 aromatic heterocycles. The molecule has 28 heavy (non-hydrogen) atoms. The van der Waals surface area contributed by atoms with Crippen molar-refractivity contribution in [3.63, 3.8) is 0 Å². The van der Waals surface area contributed by atoms with Crippen LogP contribution in [-0.4, -0.2) is 21.4 Å². The topological polar surface area (TPSA) is 77.2 Å². The number of amides is 1. The predicted octanol–water partition coefficient (Wildman–Crippen LogP) is 4.61. The van der Waals surface area contributed by atoms with E-state index in [1.54, 1.807) is 13.8 Å². The zero-order valence-electron chi connectivity index (χ0n) is 15.1. The number of carbonyl (C=O) groups excluding carboxylic acids is 1. The molecular weight excluding hydrogens is 388 g/mol. The van der Waals surface area contributed by atoms with Crippen LogP contribution in [0.5, 0.6) is 5.75 Å². The SMILES string of the molecule is C[C@H](Sc1nnc([C@@H](C)Oc2ccc(F)cc2)o1)C(=O)Nc1ccc(F)cc1. The maximum atomic E-state index is 12.9. The first-order valence-electron chi connectivity index (χ1n) is 8.39. The number of anilines is 1. The molecule has 146 valence electrons. The lowest BCUT2D eigenvalue weighted by atomic mass is 10.3. The molecular formula is C19H17F2N3O3S. The minimum absolute atomic E-state index is 0.214. The van der Waals surface area contributed by atoms with Crippen molar-refractivity contribution in [3.05, 3.63) is 66.1 Å². The van der Waals surface area contributed by atoms with Gasteiger partial charge >= 0.3 is 0 Å². The number of thioether (sulfide) groups is 1. The number of hydrogen-bond acceptors (Lipinski definition) is 6. The van der Waals surface area contributed by atoms with E-state index in [4.69, 9.17) is 9.15 Å². The van der Waals surface area contributed by atoms with Crippen LogP contribution in [0, 0.1) is 11.6 Å². The lowest BCUT2D eigenvalue weighted by molar-refractivity contribution is -0.115. The molecule has 0 aliphatic rings. The van der Waals surface area contributed by atoms with Crippen molar-refractivity contribution in [3.8, 4) is 5.75 Å². The van der Waals surface area contributed by atoms with Gasteiger partial charge in [0.25, 0.3) is 11.1 Å². The third-order valence-corrected chi connectivity index (χ3v) is 4.59. The van der Waals surface area contributed by atoms with Crippen LogP contribution in [0.25, 0.3) is 0 Å². The second-order valence-electron chi connectivity index (χ2n) is 5.88. The van der Waals surface area contributed by atoms with Gasteiger partial charge in [0, 0.05) is 5.69 Å². The van der Waals surface area contributed by atoms with Crippen LogP contribution in [0.4, 0.5) is 14.5 Å². The van der Waals surface area contributed by atoms with Crippen molar-refractivity contribution >= 4 is 23.4 Å². The molecule has 2 aromatic carbocycles. The van der Waals surface area contributed by atoms with E-state index in [0.29, 0.717) is 11.4 Å². The average molecular weight is 405 g/mol. The summed E-state index contributed by atoms with van der Waals surface area (Å²) >= 11 is 1.09. The smallest absolute Gasteiger partial charge is 0.277 e. The summed E-state index contributed by atoms with van der Waals surface area (Å²) in [5.41, 5.74) is 0.492. The first kappa shape index (κ1) is 19.8. The van der Waals surface area contributed by atoms with E-state index < -0.39 is 11.4 Å². The van der Waals surface area contributed by atoms with Crippen molar-refractivity contribution in [2.75, 3.05) is 5.32 Å². The third kappa shape index (κ3) is 5.29. The number of hydrogen-bond donors (Lipinski definition) is 1. The van der Waals surface area contributed by atoms with Gasteiger partial charge < -0.3 is 14.5 Å². The Morgan fingerprint density at radius 1 is 1.04 bits per heavy atom. The summed E-state index contributed by atoms with van der Waals surface area (Å²) in [7, 11) is 0. The van der Waals surface area contributed by atoms with Crippen LogP contribution in [-0.2, 0) is 4.79 Å². The maximum absolute atomic E-state index is 12.9. The second-order valence-corrected chi connectivity index (χ2v) is 7.17. The molecule has 1 heterocycles. The van der Waals surface area contributed by atoms with E-state index in [2.05, 4.69) is 15.5 Å². The summed E-state index contributed by atoms with van der Waals surface area (Å²) < 4.78 is 37.0. The van der Waals surface area contributed by atoms with E-state index >= 15 is 0 Å². The molecule has 0 saturated heterocycles. The fourth-order valence-electron chi connectivity index (χ4n) is 2.18. The van der Waals surface area contributed by atoms with Gasteiger partial charge in [0.05, 0.1) is 5.25 Å². The number of aromatic nitrogens is 2. The van der Waals surface area contributed by atoms with E-state index in [0.717, 1.165) is 11.8 Å². The summed E-state index contributed by atoms with van der Waals surface area (Å²) in [6.45, 7) is 3.40. The highest BCUT2D eigenvalue weighted by Crippen LogP contribution is 2.27. The fourth-order valence-corrected chi connectivity index (χ4v) is 2.87. The Kier molecular flexibility index (Phi) is 6.25. The van der Waals surface area contributed by atoms with Crippen LogP contribution in [0.1, 0.15) is 25.8 Å². The highest BCUT2D eigenvalue weighted by atomic mass is 32.2. The third-order valence-electron chi connectivity index (χ3n) is 3.65. The Bertz CT molecular complexity index is 932. The van der Waals surface area contributed by atoms with Gasteiger partial charge in [-0.2, -0.15) is 0 Å². The molecule has 0 aliphatic heterocycles. The number of benzene rings is 2. The highest BCUT2D eigenvalue weighted by Gasteiger charge is 2.21. The molecule has 0 saturated carbocycles. The van der Waals surface area contributed by atoms with Crippen molar-refractivity contribution in [2.24, 2.45) is 0 Å². The quantitative estimate of drug-likeness (QED) is 0.579. The summed E-state index contributed by atoms with van der Waals surface area (Å²) in [6.07, 6.45) is -0.546. The molecule has 6 nitrogen and oxygen atoms in total. The molecule has 0 fully saturated rings. The number of nitrogens with zero attached hydrogens (tertiary/aromatic N) is 2. The van der Waals surface area contributed by atoms with Crippen LogP contribution in [0.3, 0.4) is 0 Å². The lowest BCUT2D eigenvalue weighted by Gasteiger charge is -2.11. The van der Waals surface area contributed by atoms with Gasteiger partial charge in [0.1, 0.15) is 17.4 Å². The zero-order valence-corrected chi connectivity index (χ0v) is 15.9. The molecule has 0 spiro atoms. The van der Waals surface area contributed by atoms with E-state index in [1.165, 1.54) is 48.5 Å². The van der Waals surface area contributed by atoms with Crippen molar-refractivity contribution in [1.82, 2.24) is 10.2 Å². The minimum atomic E-state index is -0.546. The molecule has 3 aromatic rings. The number of halogens is 2. The molecule has 0 unspecified atom stereocenters. The van der Waals surface area contributed by atoms with E-state index in [1.807, 2.05) is 0 Å². The summed E-state index contributed by atoms with van der Waals surface area (Å²) in [5, 5.41) is 10.2. The number of rotatable bonds is 7. The number of nitrogens with one attached hydrogen (secondary N) is 1. The van der Waals surface area contributed by atoms with Crippen LogP contribution in [0.15, 0.2) is 58.2 Å². The maximum Gasteiger partial charge on any atom is 0.277 e. The Morgan fingerprint density at radius 2 is 1.64 bits per heavy atom. The second kappa shape index (κ2) is 8.83. The first-order valence-corrected chi connectivity index (χ1v) is 9.27. The van der Waals surface area contributed by atoms with Gasteiger partial charge in [-0.1, -0.05) is 11.8 Å². The standard InChI is InChI=1S/C19H17F2N3O3S/c1-11(26-16-9-5-14(21)6-10-16)18-23-24-19(27-18)28-12(2)17(25)22-15-7-3-13(20)4-8-15/h3-12H,1-2H3,(H,22,25)/t11-,12+/m1/s1. The Labute approximate surface area is 164 Å². The normalized spacial score (nSPS) is 13.0. The molecule has 2 atom stereocenters.